The second-order valence-corrected chi connectivity index (χ2v) is 5.49. The van der Waals surface area contributed by atoms with Gasteiger partial charge in [-0.25, -0.2) is 0 Å². The van der Waals surface area contributed by atoms with E-state index in [1.165, 1.54) is 29.9 Å². The molecular weight excluding hydrogens is 216 g/mol. The third kappa shape index (κ3) is 2.98. The number of nitrogens with one attached hydrogen (secondary N) is 1. The van der Waals surface area contributed by atoms with E-state index < -0.39 is 0 Å². The Morgan fingerprint density at radius 2 is 2.56 bits per heavy atom. The van der Waals surface area contributed by atoms with E-state index in [4.69, 9.17) is 0 Å². The van der Waals surface area contributed by atoms with Gasteiger partial charge < -0.3 is 5.32 Å². The van der Waals surface area contributed by atoms with Crippen LogP contribution in [0.4, 0.5) is 0 Å². The fraction of sp³-hybridized carbons (Fsp3) is 0.615. The smallest absolute Gasteiger partial charge is 0.0372 e. The van der Waals surface area contributed by atoms with Crippen molar-refractivity contribution >= 4 is 11.8 Å². The molecule has 88 valence electrons. The second-order valence-electron chi connectivity index (χ2n) is 4.34. The zero-order valence-electron chi connectivity index (χ0n) is 9.86. The van der Waals surface area contributed by atoms with Crippen molar-refractivity contribution in [2.24, 2.45) is 5.92 Å². The van der Waals surface area contributed by atoms with Gasteiger partial charge in [-0.3, -0.25) is 4.98 Å². The molecule has 2 rings (SSSR count). The maximum atomic E-state index is 4.24. The van der Waals surface area contributed by atoms with Crippen LogP contribution < -0.4 is 5.32 Å². The average molecular weight is 236 g/mol. The van der Waals surface area contributed by atoms with Gasteiger partial charge >= 0.3 is 0 Å². The molecule has 1 aliphatic heterocycles. The Morgan fingerprint density at radius 3 is 3.19 bits per heavy atom. The number of pyridine rings is 1. The first kappa shape index (κ1) is 11.9. The van der Waals surface area contributed by atoms with E-state index in [1.54, 1.807) is 0 Å². The van der Waals surface area contributed by atoms with Crippen LogP contribution in [-0.2, 0) is 0 Å². The number of hydrogen-bond acceptors (Lipinski definition) is 3. The number of thioether (sulfide) groups is 1. The van der Waals surface area contributed by atoms with Gasteiger partial charge in [-0.1, -0.05) is 13.0 Å². The summed E-state index contributed by atoms with van der Waals surface area (Å²) in [7, 11) is 0. The molecule has 2 nitrogen and oxygen atoms in total. The molecule has 1 saturated heterocycles. The summed E-state index contributed by atoms with van der Waals surface area (Å²) in [5.74, 6) is 3.38. The van der Waals surface area contributed by atoms with Crippen LogP contribution in [-0.4, -0.2) is 23.0 Å². The lowest BCUT2D eigenvalue weighted by atomic mass is 9.93. The van der Waals surface area contributed by atoms with E-state index in [0.29, 0.717) is 6.04 Å². The minimum atomic E-state index is 0.503. The maximum Gasteiger partial charge on any atom is 0.0372 e. The zero-order valence-corrected chi connectivity index (χ0v) is 10.7. The monoisotopic (exact) mass is 236 g/mol. The molecule has 3 heteroatoms. The largest absolute Gasteiger partial charge is 0.310 e. The van der Waals surface area contributed by atoms with Crippen molar-refractivity contribution in [2.75, 3.05) is 18.1 Å². The van der Waals surface area contributed by atoms with E-state index >= 15 is 0 Å². The van der Waals surface area contributed by atoms with Crippen LogP contribution in [0.25, 0.3) is 0 Å². The van der Waals surface area contributed by atoms with Gasteiger partial charge in [0, 0.05) is 18.4 Å². The highest BCUT2D eigenvalue weighted by Gasteiger charge is 2.26. The van der Waals surface area contributed by atoms with E-state index in [9.17, 15) is 0 Å². The molecule has 1 aliphatic rings. The SMILES string of the molecule is CCCNC(c1cccnc1)C1CCSC1. The number of nitrogens with zero attached hydrogens (tertiary/aromatic N) is 1. The van der Waals surface area contributed by atoms with Crippen LogP contribution in [0.15, 0.2) is 24.5 Å². The standard InChI is InChI=1S/C13H20N2S/c1-2-6-15-13(12-5-8-16-10-12)11-4-3-7-14-9-11/h3-4,7,9,12-13,15H,2,5-6,8,10H2,1H3. The lowest BCUT2D eigenvalue weighted by Crippen LogP contribution is -2.29. The molecule has 0 aromatic carbocycles. The predicted octanol–water partition coefficient (Wildman–Crippen LogP) is 2.88. The minimum absolute atomic E-state index is 0.503. The molecule has 2 unspecified atom stereocenters. The number of aromatic nitrogens is 1. The summed E-state index contributed by atoms with van der Waals surface area (Å²) in [5, 5.41) is 3.67. The van der Waals surface area contributed by atoms with Crippen molar-refractivity contribution in [1.29, 1.82) is 0 Å². The Morgan fingerprint density at radius 1 is 1.62 bits per heavy atom. The summed E-state index contributed by atoms with van der Waals surface area (Å²) in [6.07, 6.45) is 6.39. The van der Waals surface area contributed by atoms with Crippen LogP contribution in [0, 0.1) is 5.92 Å². The number of rotatable bonds is 5. The van der Waals surface area contributed by atoms with Crippen molar-refractivity contribution in [2.45, 2.75) is 25.8 Å². The first-order valence-electron chi connectivity index (χ1n) is 6.13. The molecule has 1 N–H and O–H groups in total. The maximum absolute atomic E-state index is 4.24. The van der Waals surface area contributed by atoms with E-state index in [0.717, 1.165) is 12.5 Å². The summed E-state index contributed by atoms with van der Waals surface area (Å²) in [6.45, 7) is 3.32. The van der Waals surface area contributed by atoms with E-state index in [1.807, 2.05) is 18.5 Å². The van der Waals surface area contributed by atoms with Crippen LogP contribution in [0.1, 0.15) is 31.4 Å². The highest BCUT2D eigenvalue weighted by Crippen LogP contribution is 2.33. The van der Waals surface area contributed by atoms with Crippen LogP contribution in [0.3, 0.4) is 0 Å². The summed E-state index contributed by atoms with van der Waals surface area (Å²) in [4.78, 5) is 4.24. The molecule has 0 saturated carbocycles. The molecule has 2 heterocycles. The quantitative estimate of drug-likeness (QED) is 0.851. The van der Waals surface area contributed by atoms with Gasteiger partial charge in [0.2, 0.25) is 0 Å². The normalized spacial score (nSPS) is 22.2. The molecule has 1 fully saturated rings. The first-order valence-corrected chi connectivity index (χ1v) is 7.28. The van der Waals surface area contributed by atoms with Gasteiger partial charge in [-0.05, 0) is 48.4 Å². The van der Waals surface area contributed by atoms with Crippen molar-refractivity contribution in [3.05, 3.63) is 30.1 Å². The molecule has 16 heavy (non-hydrogen) atoms. The molecule has 0 radical (unpaired) electrons. The van der Waals surface area contributed by atoms with Gasteiger partial charge in [-0.2, -0.15) is 11.8 Å². The Hall–Kier alpha value is -0.540. The first-order chi connectivity index (χ1) is 7.92. The van der Waals surface area contributed by atoms with Crippen molar-refractivity contribution < 1.29 is 0 Å². The number of hydrogen-bond donors (Lipinski definition) is 1. The summed E-state index contributed by atoms with van der Waals surface area (Å²) < 4.78 is 0. The Bertz CT molecular complexity index is 296. The molecule has 0 aliphatic carbocycles. The molecule has 2 atom stereocenters. The Labute approximate surface area is 102 Å². The van der Waals surface area contributed by atoms with Crippen molar-refractivity contribution in [3.8, 4) is 0 Å². The molecule has 0 spiro atoms. The third-order valence-corrected chi connectivity index (χ3v) is 4.28. The molecular formula is C13H20N2S. The van der Waals surface area contributed by atoms with Crippen molar-refractivity contribution in [1.82, 2.24) is 10.3 Å². The van der Waals surface area contributed by atoms with E-state index in [2.05, 4.69) is 35.1 Å². The Balaban J connectivity index is 2.07. The van der Waals surface area contributed by atoms with Gasteiger partial charge in [0.15, 0.2) is 0 Å². The third-order valence-electron chi connectivity index (χ3n) is 3.09. The fourth-order valence-electron chi connectivity index (χ4n) is 2.23. The lowest BCUT2D eigenvalue weighted by Gasteiger charge is -2.24. The van der Waals surface area contributed by atoms with Crippen LogP contribution in [0.2, 0.25) is 0 Å². The van der Waals surface area contributed by atoms with Crippen molar-refractivity contribution in [3.63, 3.8) is 0 Å². The summed E-state index contributed by atoms with van der Waals surface area (Å²) in [5.41, 5.74) is 1.35. The van der Waals surface area contributed by atoms with Gasteiger partial charge in [0.25, 0.3) is 0 Å². The van der Waals surface area contributed by atoms with E-state index in [-0.39, 0.29) is 0 Å². The predicted molar refractivity (Wildman–Crippen MR) is 70.7 cm³/mol. The topological polar surface area (TPSA) is 24.9 Å². The summed E-state index contributed by atoms with van der Waals surface area (Å²) in [6, 6.07) is 4.74. The molecule has 0 amide bonds. The highest BCUT2D eigenvalue weighted by atomic mass is 32.2. The Kier molecular flexibility index (Phi) is 4.67. The van der Waals surface area contributed by atoms with Crippen LogP contribution in [0.5, 0.6) is 0 Å². The molecule has 1 aromatic heterocycles. The molecule has 1 aromatic rings. The highest BCUT2D eigenvalue weighted by molar-refractivity contribution is 7.99. The average Bonchev–Trinajstić information content (AvgIpc) is 2.85. The van der Waals surface area contributed by atoms with Gasteiger partial charge in [0.05, 0.1) is 0 Å². The summed E-state index contributed by atoms with van der Waals surface area (Å²) >= 11 is 2.08. The zero-order chi connectivity index (χ0) is 11.2. The lowest BCUT2D eigenvalue weighted by molar-refractivity contribution is 0.393. The fourth-order valence-corrected chi connectivity index (χ4v) is 3.53. The second kappa shape index (κ2) is 6.26. The minimum Gasteiger partial charge on any atom is -0.310 e. The van der Waals surface area contributed by atoms with Gasteiger partial charge in [0.1, 0.15) is 0 Å². The van der Waals surface area contributed by atoms with Gasteiger partial charge in [-0.15, -0.1) is 0 Å². The van der Waals surface area contributed by atoms with Crippen LogP contribution >= 0.6 is 11.8 Å². The molecule has 0 bridgehead atoms.